The van der Waals surface area contributed by atoms with Gasteiger partial charge in [-0.3, -0.25) is 15.0 Å². The van der Waals surface area contributed by atoms with Crippen LogP contribution in [0.5, 0.6) is 0 Å². The fraction of sp³-hybridized carbons (Fsp3) is 0.440. The van der Waals surface area contributed by atoms with Crippen molar-refractivity contribution in [3.05, 3.63) is 75.8 Å². The highest BCUT2D eigenvalue weighted by Crippen LogP contribution is 2.31. The van der Waals surface area contributed by atoms with Gasteiger partial charge in [-0.25, -0.2) is 9.59 Å². The van der Waals surface area contributed by atoms with Crippen LogP contribution in [0, 0.1) is 10.1 Å². The predicted molar refractivity (Wildman–Crippen MR) is 122 cm³/mol. The van der Waals surface area contributed by atoms with Gasteiger partial charge in [0.1, 0.15) is 11.7 Å². The van der Waals surface area contributed by atoms with E-state index in [1.807, 2.05) is 6.07 Å². The Balaban J connectivity index is 2.03. The van der Waals surface area contributed by atoms with Gasteiger partial charge in [-0.15, -0.1) is 0 Å². The van der Waals surface area contributed by atoms with Crippen LogP contribution in [0.1, 0.15) is 63.6 Å². The number of hydrogen-bond donors (Lipinski definition) is 0. The lowest BCUT2D eigenvalue weighted by molar-refractivity contribution is -0.385. The van der Waals surface area contributed by atoms with E-state index in [9.17, 15) is 19.7 Å². The van der Waals surface area contributed by atoms with Crippen molar-refractivity contribution in [2.24, 2.45) is 0 Å². The molecule has 8 nitrogen and oxygen atoms in total. The number of benzene rings is 2. The van der Waals surface area contributed by atoms with E-state index < -0.39 is 28.6 Å². The molecule has 1 atom stereocenters. The van der Waals surface area contributed by atoms with Crippen LogP contribution in [0.3, 0.4) is 0 Å². The highest BCUT2D eigenvalue weighted by molar-refractivity contribution is 5.83. The molecule has 2 aromatic rings. The minimum atomic E-state index is -1.11. The molecule has 2 aromatic carbocycles. The number of para-hydroxylation sites is 1. The van der Waals surface area contributed by atoms with Gasteiger partial charge in [-0.05, 0) is 52.0 Å². The summed E-state index contributed by atoms with van der Waals surface area (Å²) in [5.74, 6) is -0.572. The molecule has 1 aliphatic carbocycles. The van der Waals surface area contributed by atoms with Crippen LogP contribution in [0.15, 0.2) is 54.6 Å². The average Bonchev–Trinajstić information content (AvgIpc) is 3.26. The van der Waals surface area contributed by atoms with Gasteiger partial charge in [0.05, 0.1) is 11.5 Å². The van der Waals surface area contributed by atoms with Gasteiger partial charge in [-0.2, -0.15) is 0 Å². The van der Waals surface area contributed by atoms with Gasteiger partial charge in [0, 0.05) is 11.6 Å². The number of esters is 1. The zero-order valence-corrected chi connectivity index (χ0v) is 19.2. The number of ether oxygens (including phenoxy) is 2. The number of carbonyl (C=O) groups is 2. The predicted octanol–water partition coefficient (Wildman–Crippen LogP) is 5.56. The number of nitrogens with zero attached hydrogens (tertiary/aromatic N) is 2. The molecular formula is C25H30N2O6. The van der Waals surface area contributed by atoms with Crippen molar-refractivity contribution < 1.29 is 24.0 Å². The average molecular weight is 455 g/mol. The van der Waals surface area contributed by atoms with Gasteiger partial charge in [0.25, 0.3) is 5.69 Å². The monoisotopic (exact) mass is 454 g/mol. The van der Waals surface area contributed by atoms with E-state index in [1.54, 1.807) is 63.2 Å². The van der Waals surface area contributed by atoms with E-state index in [0.29, 0.717) is 11.1 Å². The lowest BCUT2D eigenvalue weighted by atomic mass is 10.0. The molecule has 1 saturated carbocycles. The lowest BCUT2D eigenvalue weighted by Gasteiger charge is -2.33. The van der Waals surface area contributed by atoms with Crippen molar-refractivity contribution in [3.8, 4) is 0 Å². The van der Waals surface area contributed by atoms with E-state index in [-0.39, 0.29) is 18.3 Å². The number of nitro groups is 1. The van der Waals surface area contributed by atoms with Crippen molar-refractivity contribution in [3.63, 3.8) is 0 Å². The van der Waals surface area contributed by atoms with Gasteiger partial charge in [0.2, 0.25) is 0 Å². The summed E-state index contributed by atoms with van der Waals surface area (Å²) in [5.41, 5.74) is -0.121. The molecule has 1 aliphatic rings. The molecule has 0 aliphatic heterocycles. The van der Waals surface area contributed by atoms with E-state index in [2.05, 4.69) is 0 Å². The summed E-state index contributed by atoms with van der Waals surface area (Å²) >= 11 is 0. The largest absolute Gasteiger partial charge is 0.461 e. The number of hydrogen-bond acceptors (Lipinski definition) is 6. The maximum atomic E-state index is 13.4. The first-order valence-corrected chi connectivity index (χ1v) is 11.1. The molecule has 3 rings (SSSR count). The molecule has 0 heterocycles. The fourth-order valence-corrected chi connectivity index (χ4v) is 3.90. The van der Waals surface area contributed by atoms with E-state index in [0.717, 1.165) is 25.7 Å². The number of rotatable bonds is 7. The first kappa shape index (κ1) is 24.2. The topological polar surface area (TPSA) is 99.0 Å². The second-order valence-electron chi connectivity index (χ2n) is 9.15. The van der Waals surface area contributed by atoms with Gasteiger partial charge in [0.15, 0.2) is 6.04 Å². The molecule has 0 spiro atoms. The smallest absolute Gasteiger partial charge is 0.411 e. The summed E-state index contributed by atoms with van der Waals surface area (Å²) in [6.07, 6.45) is 2.58. The first-order valence-electron chi connectivity index (χ1n) is 11.1. The summed E-state index contributed by atoms with van der Waals surface area (Å²) in [4.78, 5) is 39.0. The third-order valence-corrected chi connectivity index (χ3v) is 5.39. The Bertz CT molecular complexity index is 980. The standard InChI is InChI=1S/C25H30N2O6/c1-25(2,3)33-24(29)26(17-19-13-7-10-16-21(19)27(30)31)22(18-11-5-4-6-12-18)23(28)32-20-14-8-9-15-20/h4-7,10-13,16,20,22H,8-9,14-15,17H2,1-3H3. The molecule has 0 N–H and O–H groups in total. The maximum Gasteiger partial charge on any atom is 0.411 e. The third kappa shape index (κ3) is 6.54. The summed E-state index contributed by atoms with van der Waals surface area (Å²) < 4.78 is 11.4. The Kier molecular flexibility index (Phi) is 7.68. The van der Waals surface area contributed by atoms with Crippen molar-refractivity contribution >= 4 is 17.7 Å². The van der Waals surface area contributed by atoms with Gasteiger partial charge >= 0.3 is 12.1 Å². The van der Waals surface area contributed by atoms with Crippen molar-refractivity contribution in [1.82, 2.24) is 4.90 Å². The summed E-state index contributed by atoms with van der Waals surface area (Å²) in [7, 11) is 0. The lowest BCUT2D eigenvalue weighted by Crippen LogP contribution is -2.43. The number of nitro benzene ring substituents is 1. The highest BCUT2D eigenvalue weighted by Gasteiger charge is 2.37. The molecule has 176 valence electrons. The van der Waals surface area contributed by atoms with Crippen molar-refractivity contribution in [1.29, 1.82) is 0 Å². The van der Waals surface area contributed by atoms with E-state index in [4.69, 9.17) is 9.47 Å². The number of carbonyl (C=O) groups excluding carboxylic acids is 2. The molecule has 1 fully saturated rings. The molecule has 8 heteroatoms. The zero-order chi connectivity index (χ0) is 24.0. The van der Waals surface area contributed by atoms with Crippen LogP contribution in [0.2, 0.25) is 0 Å². The number of amides is 1. The second-order valence-corrected chi connectivity index (χ2v) is 9.15. The van der Waals surface area contributed by atoms with Crippen LogP contribution in [0.25, 0.3) is 0 Å². The van der Waals surface area contributed by atoms with Crippen LogP contribution < -0.4 is 0 Å². The van der Waals surface area contributed by atoms with Crippen molar-refractivity contribution in [2.45, 2.75) is 70.7 Å². The Hall–Kier alpha value is -3.42. The van der Waals surface area contributed by atoms with Gasteiger partial charge < -0.3 is 9.47 Å². The molecule has 0 aromatic heterocycles. The highest BCUT2D eigenvalue weighted by atomic mass is 16.6. The maximum absolute atomic E-state index is 13.4. The third-order valence-electron chi connectivity index (χ3n) is 5.39. The molecular weight excluding hydrogens is 424 g/mol. The molecule has 0 radical (unpaired) electrons. The Morgan fingerprint density at radius 1 is 1.06 bits per heavy atom. The van der Waals surface area contributed by atoms with Crippen LogP contribution in [0.4, 0.5) is 10.5 Å². The molecule has 0 bridgehead atoms. The Morgan fingerprint density at radius 3 is 2.27 bits per heavy atom. The second kappa shape index (κ2) is 10.5. The van der Waals surface area contributed by atoms with E-state index >= 15 is 0 Å². The van der Waals surface area contributed by atoms with E-state index in [1.165, 1.54) is 11.0 Å². The summed E-state index contributed by atoms with van der Waals surface area (Å²) in [6, 6.07) is 13.9. The molecule has 33 heavy (non-hydrogen) atoms. The van der Waals surface area contributed by atoms with Crippen LogP contribution in [-0.2, 0) is 20.8 Å². The Morgan fingerprint density at radius 2 is 1.67 bits per heavy atom. The summed E-state index contributed by atoms with van der Waals surface area (Å²) in [5, 5.41) is 11.6. The normalized spacial score (nSPS) is 15.0. The summed E-state index contributed by atoms with van der Waals surface area (Å²) in [6.45, 7) is 4.98. The van der Waals surface area contributed by atoms with Crippen LogP contribution in [-0.4, -0.2) is 33.6 Å². The minimum absolute atomic E-state index is 0.137. The SMILES string of the molecule is CC(C)(C)OC(=O)N(Cc1ccccc1[N+](=O)[O-])C(C(=O)OC1CCCC1)c1ccccc1. The van der Waals surface area contributed by atoms with Crippen molar-refractivity contribution in [2.75, 3.05) is 0 Å². The first-order chi connectivity index (χ1) is 15.7. The zero-order valence-electron chi connectivity index (χ0n) is 19.2. The van der Waals surface area contributed by atoms with Gasteiger partial charge in [-0.1, -0.05) is 48.5 Å². The molecule has 1 unspecified atom stereocenters. The molecule has 1 amide bonds. The minimum Gasteiger partial charge on any atom is -0.461 e. The quantitative estimate of drug-likeness (QED) is 0.309. The van der Waals surface area contributed by atoms with Crippen LogP contribution >= 0.6 is 0 Å². The Labute approximate surface area is 193 Å². The molecule has 0 saturated heterocycles. The fourth-order valence-electron chi connectivity index (χ4n) is 3.90.